The van der Waals surface area contributed by atoms with Crippen LogP contribution in [0.2, 0.25) is 5.02 Å². The van der Waals surface area contributed by atoms with Crippen LogP contribution in [0.1, 0.15) is 31.9 Å². The molecule has 1 aromatic rings. The van der Waals surface area contributed by atoms with Crippen LogP contribution in [0.15, 0.2) is 24.3 Å². The molecule has 0 saturated carbocycles. The molecule has 0 bridgehead atoms. The standard InChI is InChI=1S/C17H22ClNO3/c1-11(2)13(4)19-16(20)10-22-17(21)8-7-14-6-5-12(3)15(18)9-14/h5-9,11,13H,10H2,1-4H3,(H,19,20)/b8-7+/t13-/m0/s1. The van der Waals surface area contributed by atoms with Crippen LogP contribution in [-0.4, -0.2) is 24.5 Å². The number of ether oxygens (including phenoxy) is 1. The first-order valence-electron chi connectivity index (χ1n) is 7.20. The summed E-state index contributed by atoms with van der Waals surface area (Å²) in [5.41, 5.74) is 1.77. The highest BCUT2D eigenvalue weighted by atomic mass is 35.5. The maximum absolute atomic E-state index is 11.6. The van der Waals surface area contributed by atoms with Crippen LogP contribution in [0.5, 0.6) is 0 Å². The molecular formula is C17H22ClNO3. The minimum Gasteiger partial charge on any atom is -0.452 e. The van der Waals surface area contributed by atoms with Crippen molar-refractivity contribution < 1.29 is 14.3 Å². The molecule has 0 heterocycles. The van der Waals surface area contributed by atoms with Crippen LogP contribution < -0.4 is 5.32 Å². The first kappa shape index (κ1) is 18.2. The van der Waals surface area contributed by atoms with Gasteiger partial charge in [0.1, 0.15) is 0 Å². The maximum atomic E-state index is 11.6. The second-order valence-corrected chi connectivity index (χ2v) is 5.96. The Bertz CT molecular complexity index is 567. The molecule has 0 spiro atoms. The fourth-order valence-corrected chi connectivity index (χ4v) is 1.71. The van der Waals surface area contributed by atoms with Gasteiger partial charge in [0.15, 0.2) is 6.61 Å². The Morgan fingerprint density at radius 2 is 2.00 bits per heavy atom. The number of nitrogens with one attached hydrogen (secondary N) is 1. The minimum atomic E-state index is -0.566. The van der Waals surface area contributed by atoms with Crippen molar-refractivity contribution in [3.8, 4) is 0 Å². The number of carbonyl (C=O) groups excluding carboxylic acids is 2. The van der Waals surface area contributed by atoms with Gasteiger partial charge < -0.3 is 10.1 Å². The summed E-state index contributed by atoms with van der Waals surface area (Å²) in [6, 6.07) is 5.52. The van der Waals surface area contributed by atoms with E-state index < -0.39 is 5.97 Å². The van der Waals surface area contributed by atoms with Crippen LogP contribution in [0.4, 0.5) is 0 Å². The maximum Gasteiger partial charge on any atom is 0.331 e. The molecule has 0 aliphatic carbocycles. The number of amides is 1. The summed E-state index contributed by atoms with van der Waals surface area (Å²) in [4.78, 5) is 23.2. The predicted octanol–water partition coefficient (Wildman–Crippen LogP) is 3.37. The Hall–Kier alpha value is -1.81. The van der Waals surface area contributed by atoms with Crippen molar-refractivity contribution in [1.29, 1.82) is 0 Å². The molecule has 1 N–H and O–H groups in total. The van der Waals surface area contributed by atoms with Crippen molar-refractivity contribution >= 4 is 29.6 Å². The molecule has 0 radical (unpaired) electrons. The number of aryl methyl sites for hydroxylation is 1. The zero-order valence-corrected chi connectivity index (χ0v) is 14.1. The fourth-order valence-electron chi connectivity index (χ4n) is 1.52. The van der Waals surface area contributed by atoms with E-state index in [0.717, 1.165) is 11.1 Å². The fraction of sp³-hybridized carbons (Fsp3) is 0.412. The van der Waals surface area contributed by atoms with Gasteiger partial charge in [-0.3, -0.25) is 4.79 Å². The van der Waals surface area contributed by atoms with E-state index in [1.165, 1.54) is 6.08 Å². The molecule has 1 aromatic carbocycles. The summed E-state index contributed by atoms with van der Waals surface area (Å²) in [5, 5.41) is 3.40. The van der Waals surface area contributed by atoms with Gasteiger partial charge in [0.2, 0.25) is 0 Å². The van der Waals surface area contributed by atoms with Gasteiger partial charge >= 0.3 is 5.97 Å². The predicted molar refractivity (Wildman–Crippen MR) is 88.6 cm³/mol. The van der Waals surface area contributed by atoms with Crippen molar-refractivity contribution in [2.75, 3.05) is 6.61 Å². The summed E-state index contributed by atoms with van der Waals surface area (Å²) in [6.45, 7) is 7.54. The van der Waals surface area contributed by atoms with E-state index >= 15 is 0 Å². The summed E-state index contributed by atoms with van der Waals surface area (Å²) >= 11 is 6.00. The molecule has 0 aliphatic rings. The third kappa shape index (κ3) is 6.31. The molecule has 0 aromatic heterocycles. The zero-order valence-electron chi connectivity index (χ0n) is 13.4. The van der Waals surface area contributed by atoms with E-state index in [1.807, 2.05) is 39.8 Å². The summed E-state index contributed by atoms with van der Waals surface area (Å²) < 4.78 is 4.89. The van der Waals surface area contributed by atoms with Crippen LogP contribution in [0.3, 0.4) is 0 Å². The average molecular weight is 324 g/mol. The van der Waals surface area contributed by atoms with E-state index in [2.05, 4.69) is 5.32 Å². The van der Waals surface area contributed by atoms with Crippen LogP contribution in [-0.2, 0) is 14.3 Å². The van der Waals surface area contributed by atoms with Crippen LogP contribution in [0.25, 0.3) is 6.08 Å². The molecule has 4 nitrogen and oxygen atoms in total. The van der Waals surface area contributed by atoms with Gasteiger partial charge in [0.25, 0.3) is 5.91 Å². The largest absolute Gasteiger partial charge is 0.452 e. The minimum absolute atomic E-state index is 0.0384. The lowest BCUT2D eigenvalue weighted by atomic mass is 10.1. The molecular weight excluding hydrogens is 302 g/mol. The third-order valence-corrected chi connectivity index (χ3v) is 3.75. The Morgan fingerprint density at radius 3 is 2.59 bits per heavy atom. The highest BCUT2D eigenvalue weighted by Crippen LogP contribution is 2.17. The number of hydrogen-bond acceptors (Lipinski definition) is 3. The van der Waals surface area contributed by atoms with E-state index in [0.29, 0.717) is 10.9 Å². The molecule has 120 valence electrons. The molecule has 22 heavy (non-hydrogen) atoms. The lowest BCUT2D eigenvalue weighted by molar-refractivity contribution is -0.144. The molecule has 5 heteroatoms. The summed E-state index contributed by atoms with van der Waals surface area (Å²) in [6.07, 6.45) is 2.88. The number of hydrogen-bond donors (Lipinski definition) is 1. The molecule has 0 unspecified atom stereocenters. The highest BCUT2D eigenvalue weighted by Gasteiger charge is 2.11. The smallest absolute Gasteiger partial charge is 0.331 e. The summed E-state index contributed by atoms with van der Waals surface area (Å²) in [5.74, 6) is -0.545. The topological polar surface area (TPSA) is 55.4 Å². The van der Waals surface area contributed by atoms with Gasteiger partial charge in [-0.15, -0.1) is 0 Å². The number of halogens is 1. The Labute approximate surface area is 136 Å². The molecule has 0 aliphatic heterocycles. The Kier molecular flexibility index (Phi) is 7.12. The normalized spacial score (nSPS) is 12.5. The number of benzene rings is 1. The number of esters is 1. The van der Waals surface area contributed by atoms with E-state index in [-0.39, 0.29) is 18.6 Å². The molecule has 1 rings (SSSR count). The highest BCUT2D eigenvalue weighted by molar-refractivity contribution is 6.31. The molecule has 1 atom stereocenters. The van der Waals surface area contributed by atoms with Gasteiger partial charge in [-0.1, -0.05) is 37.6 Å². The van der Waals surface area contributed by atoms with Gasteiger partial charge in [-0.25, -0.2) is 4.79 Å². The van der Waals surface area contributed by atoms with Gasteiger partial charge in [0, 0.05) is 17.1 Å². The SMILES string of the molecule is Cc1ccc(/C=C/C(=O)OCC(=O)N[C@@H](C)C(C)C)cc1Cl. The lowest BCUT2D eigenvalue weighted by Crippen LogP contribution is -2.38. The Balaban J connectivity index is 2.44. The average Bonchev–Trinajstić information content (AvgIpc) is 2.46. The number of rotatable bonds is 6. The van der Waals surface area contributed by atoms with Gasteiger partial charge in [-0.2, -0.15) is 0 Å². The van der Waals surface area contributed by atoms with Crippen LogP contribution in [0, 0.1) is 12.8 Å². The van der Waals surface area contributed by atoms with E-state index in [9.17, 15) is 9.59 Å². The van der Waals surface area contributed by atoms with E-state index in [4.69, 9.17) is 16.3 Å². The van der Waals surface area contributed by atoms with Gasteiger partial charge in [0.05, 0.1) is 0 Å². The molecule has 0 fully saturated rings. The second kappa shape index (κ2) is 8.59. The van der Waals surface area contributed by atoms with Crippen molar-refractivity contribution in [2.24, 2.45) is 5.92 Å². The molecule has 1 amide bonds. The van der Waals surface area contributed by atoms with Crippen LogP contribution >= 0.6 is 11.6 Å². The first-order valence-corrected chi connectivity index (χ1v) is 7.57. The lowest BCUT2D eigenvalue weighted by Gasteiger charge is -2.16. The zero-order chi connectivity index (χ0) is 16.7. The third-order valence-electron chi connectivity index (χ3n) is 3.34. The quantitative estimate of drug-likeness (QED) is 0.645. The van der Waals surface area contributed by atoms with Crippen molar-refractivity contribution in [1.82, 2.24) is 5.32 Å². The number of carbonyl (C=O) groups is 2. The summed E-state index contributed by atoms with van der Waals surface area (Å²) in [7, 11) is 0. The monoisotopic (exact) mass is 323 g/mol. The van der Waals surface area contributed by atoms with Crippen molar-refractivity contribution in [2.45, 2.75) is 33.7 Å². The first-order chi connectivity index (χ1) is 10.3. The Morgan fingerprint density at radius 1 is 1.32 bits per heavy atom. The second-order valence-electron chi connectivity index (χ2n) is 5.55. The van der Waals surface area contributed by atoms with Gasteiger partial charge in [-0.05, 0) is 43.0 Å². The molecule has 0 saturated heterocycles. The van der Waals surface area contributed by atoms with Crippen molar-refractivity contribution in [3.63, 3.8) is 0 Å². The van der Waals surface area contributed by atoms with Crippen molar-refractivity contribution in [3.05, 3.63) is 40.4 Å². The van der Waals surface area contributed by atoms with E-state index in [1.54, 1.807) is 12.1 Å².